The predicted molar refractivity (Wildman–Crippen MR) is 141 cm³/mol. The SMILES string of the molecule is CCNC(=NCc1ccc(OCCOC)cc1)NCC(c1cccs1)N1CCOCC1.I. The zero-order valence-corrected chi connectivity index (χ0v) is 22.1. The van der Waals surface area contributed by atoms with Crippen LogP contribution in [0.2, 0.25) is 0 Å². The molecule has 9 heteroatoms. The Hall–Kier alpha value is -1.40. The van der Waals surface area contributed by atoms with E-state index in [4.69, 9.17) is 19.2 Å². The Morgan fingerprint density at radius 2 is 1.94 bits per heavy atom. The molecular weight excluding hydrogens is 539 g/mol. The average Bonchev–Trinajstić information content (AvgIpc) is 3.34. The topological polar surface area (TPSA) is 67.4 Å². The first-order chi connectivity index (χ1) is 15.3. The van der Waals surface area contributed by atoms with Crippen molar-refractivity contribution in [2.24, 2.45) is 4.99 Å². The van der Waals surface area contributed by atoms with E-state index in [-0.39, 0.29) is 24.0 Å². The molecule has 0 spiro atoms. The number of hydrogen-bond donors (Lipinski definition) is 2. The molecule has 0 bridgehead atoms. The van der Waals surface area contributed by atoms with Crippen LogP contribution in [0.25, 0.3) is 0 Å². The van der Waals surface area contributed by atoms with E-state index in [0.29, 0.717) is 25.8 Å². The Balaban J connectivity index is 0.00000363. The van der Waals surface area contributed by atoms with Gasteiger partial charge in [0.2, 0.25) is 0 Å². The number of nitrogens with zero attached hydrogens (tertiary/aromatic N) is 2. The van der Waals surface area contributed by atoms with E-state index in [1.54, 1.807) is 18.4 Å². The number of hydrogen-bond acceptors (Lipinski definition) is 6. The molecule has 1 aliphatic heterocycles. The largest absolute Gasteiger partial charge is 0.491 e. The lowest BCUT2D eigenvalue weighted by molar-refractivity contribution is 0.0177. The van der Waals surface area contributed by atoms with E-state index >= 15 is 0 Å². The van der Waals surface area contributed by atoms with Crippen molar-refractivity contribution in [3.8, 4) is 5.75 Å². The maximum atomic E-state index is 5.63. The Labute approximate surface area is 212 Å². The minimum Gasteiger partial charge on any atom is -0.491 e. The molecule has 0 radical (unpaired) electrons. The fraction of sp³-hybridized carbons (Fsp3) is 0.522. The molecule has 0 saturated carbocycles. The fourth-order valence-electron chi connectivity index (χ4n) is 3.42. The van der Waals surface area contributed by atoms with E-state index in [1.807, 2.05) is 12.1 Å². The molecular formula is C23H35IN4O3S. The Bertz CT molecular complexity index is 768. The number of methoxy groups -OCH3 is 1. The van der Waals surface area contributed by atoms with Crippen LogP contribution >= 0.6 is 35.3 Å². The van der Waals surface area contributed by atoms with Crippen molar-refractivity contribution in [3.63, 3.8) is 0 Å². The number of ether oxygens (including phenoxy) is 3. The van der Waals surface area contributed by atoms with Gasteiger partial charge in [0.15, 0.2) is 5.96 Å². The zero-order chi connectivity index (χ0) is 21.7. The molecule has 0 aliphatic carbocycles. The van der Waals surface area contributed by atoms with Gasteiger partial charge in [-0.2, -0.15) is 0 Å². The fourth-order valence-corrected chi connectivity index (χ4v) is 4.28. The van der Waals surface area contributed by atoms with Crippen molar-refractivity contribution < 1.29 is 14.2 Å². The second-order valence-electron chi connectivity index (χ2n) is 7.24. The standard InChI is InChI=1S/C23H34N4O3S.HI/c1-3-24-23(25-17-19-6-8-20(9-7-19)30-15-14-28-2)26-18-21(22-5-4-16-31-22)27-10-12-29-13-11-27;/h4-9,16,21H,3,10-15,17-18H2,1-2H3,(H2,24,25,26);1H. The van der Waals surface area contributed by atoms with Crippen LogP contribution < -0.4 is 15.4 Å². The van der Waals surface area contributed by atoms with Gasteiger partial charge in [-0.25, -0.2) is 4.99 Å². The Morgan fingerprint density at radius 3 is 2.59 bits per heavy atom. The molecule has 2 aromatic rings. The van der Waals surface area contributed by atoms with Gasteiger partial charge in [0.05, 0.1) is 32.4 Å². The molecule has 1 aromatic carbocycles. The zero-order valence-electron chi connectivity index (χ0n) is 18.9. The highest BCUT2D eigenvalue weighted by molar-refractivity contribution is 14.0. The van der Waals surface area contributed by atoms with E-state index in [1.165, 1.54) is 4.88 Å². The van der Waals surface area contributed by atoms with E-state index < -0.39 is 0 Å². The first-order valence-corrected chi connectivity index (χ1v) is 11.8. The second-order valence-corrected chi connectivity index (χ2v) is 8.22. The summed E-state index contributed by atoms with van der Waals surface area (Å²) < 4.78 is 16.2. The summed E-state index contributed by atoms with van der Waals surface area (Å²) in [6, 6.07) is 12.7. The first-order valence-electron chi connectivity index (χ1n) is 10.9. The second kappa shape index (κ2) is 15.4. The van der Waals surface area contributed by atoms with Crippen LogP contribution in [-0.4, -0.2) is 70.6 Å². The van der Waals surface area contributed by atoms with Gasteiger partial charge in [-0.15, -0.1) is 35.3 Å². The molecule has 1 aliphatic rings. The van der Waals surface area contributed by atoms with Crippen LogP contribution in [0.3, 0.4) is 0 Å². The molecule has 1 unspecified atom stereocenters. The first kappa shape index (κ1) is 26.8. The van der Waals surface area contributed by atoms with E-state index in [9.17, 15) is 0 Å². The summed E-state index contributed by atoms with van der Waals surface area (Å²) in [6.45, 7) is 8.95. The third-order valence-electron chi connectivity index (χ3n) is 5.06. The number of guanidine groups is 1. The summed E-state index contributed by atoms with van der Waals surface area (Å²) in [5.74, 6) is 1.68. The summed E-state index contributed by atoms with van der Waals surface area (Å²) in [5.41, 5.74) is 1.14. The number of morpholine rings is 1. The Kier molecular flexibility index (Phi) is 13.0. The van der Waals surface area contributed by atoms with Crippen molar-refractivity contribution in [3.05, 3.63) is 52.2 Å². The maximum Gasteiger partial charge on any atom is 0.191 e. The minimum atomic E-state index is 0. The number of benzene rings is 1. The average molecular weight is 575 g/mol. The van der Waals surface area contributed by atoms with Crippen LogP contribution in [0.4, 0.5) is 0 Å². The molecule has 7 nitrogen and oxygen atoms in total. The van der Waals surface area contributed by atoms with Gasteiger partial charge >= 0.3 is 0 Å². The third-order valence-corrected chi connectivity index (χ3v) is 6.04. The highest BCUT2D eigenvalue weighted by atomic mass is 127. The monoisotopic (exact) mass is 574 g/mol. The summed E-state index contributed by atoms with van der Waals surface area (Å²) in [4.78, 5) is 8.65. The van der Waals surface area contributed by atoms with Crippen molar-refractivity contribution in [1.82, 2.24) is 15.5 Å². The van der Waals surface area contributed by atoms with Crippen LogP contribution in [0.5, 0.6) is 5.75 Å². The van der Waals surface area contributed by atoms with Crippen molar-refractivity contribution in [2.75, 3.05) is 59.7 Å². The van der Waals surface area contributed by atoms with Gasteiger partial charge in [0.25, 0.3) is 0 Å². The summed E-state index contributed by atoms with van der Waals surface area (Å²) >= 11 is 1.81. The molecule has 32 heavy (non-hydrogen) atoms. The van der Waals surface area contributed by atoms with Crippen LogP contribution in [0.15, 0.2) is 46.8 Å². The molecule has 1 saturated heterocycles. The van der Waals surface area contributed by atoms with E-state index in [2.05, 4.69) is 52.1 Å². The van der Waals surface area contributed by atoms with Gasteiger partial charge in [-0.05, 0) is 36.1 Å². The molecule has 0 amide bonds. The maximum absolute atomic E-state index is 5.63. The van der Waals surface area contributed by atoms with E-state index in [0.717, 1.165) is 56.7 Å². The smallest absolute Gasteiger partial charge is 0.191 e. The molecule has 1 aromatic heterocycles. The van der Waals surface area contributed by atoms with Crippen molar-refractivity contribution in [1.29, 1.82) is 0 Å². The molecule has 1 atom stereocenters. The van der Waals surface area contributed by atoms with Crippen molar-refractivity contribution in [2.45, 2.75) is 19.5 Å². The molecule has 3 rings (SSSR count). The lowest BCUT2D eigenvalue weighted by atomic mass is 10.2. The summed E-state index contributed by atoms with van der Waals surface area (Å²) in [6.07, 6.45) is 0. The molecule has 2 heterocycles. The predicted octanol–water partition coefficient (Wildman–Crippen LogP) is 3.52. The molecule has 178 valence electrons. The van der Waals surface area contributed by atoms with Gasteiger partial charge in [-0.3, -0.25) is 4.90 Å². The number of thiophene rings is 1. The lowest BCUT2D eigenvalue weighted by Gasteiger charge is -2.34. The highest BCUT2D eigenvalue weighted by Gasteiger charge is 2.23. The normalized spacial score (nSPS) is 15.6. The summed E-state index contributed by atoms with van der Waals surface area (Å²) in [5, 5.41) is 9.05. The van der Waals surface area contributed by atoms with Crippen molar-refractivity contribution >= 4 is 41.3 Å². The number of aliphatic imine (C=N–C) groups is 1. The lowest BCUT2D eigenvalue weighted by Crippen LogP contribution is -2.46. The number of nitrogens with one attached hydrogen (secondary N) is 2. The molecule has 2 N–H and O–H groups in total. The van der Waals surface area contributed by atoms with Gasteiger partial charge in [0, 0.05) is 38.2 Å². The van der Waals surface area contributed by atoms with Gasteiger partial charge < -0.3 is 24.8 Å². The van der Waals surface area contributed by atoms with Crippen LogP contribution in [0.1, 0.15) is 23.4 Å². The third kappa shape index (κ3) is 8.86. The number of rotatable bonds is 11. The van der Waals surface area contributed by atoms with Crippen LogP contribution in [0, 0.1) is 0 Å². The summed E-state index contributed by atoms with van der Waals surface area (Å²) in [7, 11) is 1.67. The van der Waals surface area contributed by atoms with Gasteiger partial charge in [-0.1, -0.05) is 18.2 Å². The minimum absolute atomic E-state index is 0. The van der Waals surface area contributed by atoms with Crippen LogP contribution in [-0.2, 0) is 16.0 Å². The highest BCUT2D eigenvalue weighted by Crippen LogP contribution is 2.25. The number of halogens is 1. The quantitative estimate of drug-likeness (QED) is 0.185. The Morgan fingerprint density at radius 1 is 1.16 bits per heavy atom. The molecule has 1 fully saturated rings. The van der Waals surface area contributed by atoms with Gasteiger partial charge in [0.1, 0.15) is 12.4 Å².